The predicted molar refractivity (Wildman–Crippen MR) is 76.5 cm³/mol. The number of carbonyl (C=O) groups excluding carboxylic acids is 1. The summed E-state index contributed by atoms with van der Waals surface area (Å²) in [5, 5.41) is 14.7. The van der Waals surface area contributed by atoms with Crippen LogP contribution in [-0.4, -0.2) is 49.2 Å². The molecular formula is C14H21N3O3. The summed E-state index contributed by atoms with van der Waals surface area (Å²) in [6.07, 6.45) is 0.809. The van der Waals surface area contributed by atoms with Gasteiger partial charge in [-0.15, -0.1) is 0 Å². The highest BCUT2D eigenvalue weighted by Gasteiger charge is 2.23. The molecule has 0 saturated heterocycles. The second-order valence-corrected chi connectivity index (χ2v) is 4.51. The van der Waals surface area contributed by atoms with Crippen molar-refractivity contribution in [1.82, 2.24) is 15.5 Å². The highest BCUT2D eigenvalue weighted by molar-refractivity contribution is 5.83. The average Bonchev–Trinajstić information content (AvgIpc) is 2.45. The summed E-state index contributed by atoms with van der Waals surface area (Å²) >= 11 is 0. The first-order valence-corrected chi connectivity index (χ1v) is 6.50. The molecule has 2 amide bonds. The van der Waals surface area contributed by atoms with Gasteiger partial charge in [0.05, 0.1) is 0 Å². The number of urea groups is 1. The number of carboxylic acids is 1. The third kappa shape index (κ3) is 4.89. The summed E-state index contributed by atoms with van der Waals surface area (Å²) in [6, 6.07) is 7.23. The number of benzene rings is 1. The number of amides is 2. The van der Waals surface area contributed by atoms with Crippen LogP contribution in [0.2, 0.25) is 0 Å². The molecule has 3 N–H and O–H groups in total. The fourth-order valence-electron chi connectivity index (χ4n) is 1.76. The Balaban J connectivity index is 2.62. The molecule has 6 heteroatoms. The minimum atomic E-state index is -1.08. The maximum Gasteiger partial charge on any atom is 0.330 e. The lowest BCUT2D eigenvalue weighted by Crippen LogP contribution is -2.42. The molecular weight excluding hydrogens is 258 g/mol. The lowest BCUT2D eigenvalue weighted by Gasteiger charge is -2.21. The monoisotopic (exact) mass is 279 g/mol. The molecule has 0 fully saturated rings. The molecule has 0 aliphatic rings. The van der Waals surface area contributed by atoms with E-state index in [0.717, 1.165) is 13.0 Å². The molecule has 0 radical (unpaired) electrons. The molecule has 0 spiro atoms. The Kier molecular flexibility index (Phi) is 6.52. The fourth-order valence-corrected chi connectivity index (χ4v) is 1.76. The van der Waals surface area contributed by atoms with Crippen molar-refractivity contribution in [3.8, 4) is 0 Å². The van der Waals surface area contributed by atoms with E-state index in [2.05, 4.69) is 10.6 Å². The largest absolute Gasteiger partial charge is 0.479 e. The van der Waals surface area contributed by atoms with Crippen molar-refractivity contribution < 1.29 is 14.7 Å². The van der Waals surface area contributed by atoms with Crippen LogP contribution in [0.5, 0.6) is 0 Å². The second kappa shape index (κ2) is 8.16. The number of rotatable bonds is 7. The summed E-state index contributed by atoms with van der Waals surface area (Å²) in [5.74, 6) is -1.08. The molecule has 0 aliphatic carbocycles. The Morgan fingerprint density at radius 1 is 1.30 bits per heavy atom. The highest BCUT2D eigenvalue weighted by atomic mass is 16.4. The number of nitrogens with zero attached hydrogens (tertiary/aromatic N) is 1. The molecule has 0 aromatic heterocycles. The molecule has 0 bridgehead atoms. The van der Waals surface area contributed by atoms with Crippen molar-refractivity contribution in [2.45, 2.75) is 12.5 Å². The van der Waals surface area contributed by atoms with Crippen molar-refractivity contribution in [3.05, 3.63) is 35.9 Å². The van der Waals surface area contributed by atoms with Gasteiger partial charge in [0.25, 0.3) is 0 Å². The highest BCUT2D eigenvalue weighted by Crippen LogP contribution is 2.13. The van der Waals surface area contributed by atoms with Gasteiger partial charge in [-0.1, -0.05) is 30.3 Å². The average molecular weight is 279 g/mol. The molecule has 6 nitrogen and oxygen atoms in total. The topological polar surface area (TPSA) is 81.7 Å². The van der Waals surface area contributed by atoms with Crippen LogP contribution in [0.15, 0.2) is 30.3 Å². The minimum absolute atomic E-state index is 0.391. The van der Waals surface area contributed by atoms with Gasteiger partial charge in [-0.05, 0) is 25.6 Å². The summed E-state index contributed by atoms with van der Waals surface area (Å²) in [6.45, 7) is 1.37. The maximum absolute atomic E-state index is 12.0. The Labute approximate surface area is 118 Å². The first kappa shape index (κ1) is 16.0. The Bertz CT molecular complexity index is 437. The number of hydrogen-bond donors (Lipinski definition) is 3. The fraction of sp³-hybridized carbons (Fsp3) is 0.429. The molecule has 0 saturated carbocycles. The minimum Gasteiger partial charge on any atom is -0.479 e. The number of nitrogens with one attached hydrogen (secondary N) is 2. The zero-order valence-electron chi connectivity index (χ0n) is 11.8. The Hall–Kier alpha value is -2.08. The number of carboxylic acid groups (broad SMARTS) is 1. The van der Waals surface area contributed by atoms with E-state index in [-0.39, 0.29) is 0 Å². The van der Waals surface area contributed by atoms with E-state index < -0.39 is 18.0 Å². The van der Waals surface area contributed by atoms with Crippen molar-refractivity contribution in [2.75, 3.05) is 27.2 Å². The van der Waals surface area contributed by atoms with Gasteiger partial charge in [-0.25, -0.2) is 9.59 Å². The molecule has 1 atom stereocenters. The SMILES string of the molecule is CNCCCN(C)C(=O)NC(C(=O)O)c1ccccc1. The first-order valence-electron chi connectivity index (χ1n) is 6.50. The number of aliphatic carboxylic acids is 1. The van der Waals surface area contributed by atoms with Gasteiger partial charge in [-0.3, -0.25) is 0 Å². The van der Waals surface area contributed by atoms with E-state index in [1.165, 1.54) is 4.90 Å². The molecule has 1 aromatic carbocycles. The van der Waals surface area contributed by atoms with Gasteiger partial charge in [0.15, 0.2) is 6.04 Å². The van der Waals surface area contributed by atoms with Crippen LogP contribution in [-0.2, 0) is 4.79 Å². The van der Waals surface area contributed by atoms with Crippen LogP contribution in [0.1, 0.15) is 18.0 Å². The molecule has 1 aromatic rings. The van der Waals surface area contributed by atoms with Crippen LogP contribution in [0, 0.1) is 0 Å². The van der Waals surface area contributed by atoms with Crippen molar-refractivity contribution in [3.63, 3.8) is 0 Å². The lowest BCUT2D eigenvalue weighted by molar-refractivity contribution is -0.139. The lowest BCUT2D eigenvalue weighted by atomic mass is 10.1. The van der Waals surface area contributed by atoms with Gasteiger partial charge in [0.2, 0.25) is 0 Å². The van der Waals surface area contributed by atoms with E-state index >= 15 is 0 Å². The van der Waals surface area contributed by atoms with Crippen LogP contribution >= 0.6 is 0 Å². The number of hydrogen-bond acceptors (Lipinski definition) is 3. The van der Waals surface area contributed by atoms with Crippen LogP contribution in [0.4, 0.5) is 4.79 Å². The molecule has 20 heavy (non-hydrogen) atoms. The summed E-state index contributed by atoms with van der Waals surface area (Å²) in [4.78, 5) is 24.7. The van der Waals surface area contributed by atoms with E-state index in [4.69, 9.17) is 0 Å². The molecule has 1 unspecified atom stereocenters. The van der Waals surface area contributed by atoms with Gasteiger partial charge in [0, 0.05) is 13.6 Å². The standard InChI is InChI=1S/C14H21N3O3/c1-15-9-6-10-17(2)14(20)16-12(13(18)19)11-7-4-3-5-8-11/h3-5,7-8,12,15H,6,9-10H2,1-2H3,(H,16,20)(H,18,19). The van der Waals surface area contributed by atoms with Crippen LogP contribution in [0.3, 0.4) is 0 Å². The van der Waals surface area contributed by atoms with Gasteiger partial charge < -0.3 is 20.6 Å². The third-order valence-electron chi connectivity index (χ3n) is 2.91. The zero-order valence-corrected chi connectivity index (χ0v) is 11.8. The zero-order chi connectivity index (χ0) is 15.0. The van der Waals surface area contributed by atoms with E-state index in [9.17, 15) is 14.7 Å². The van der Waals surface area contributed by atoms with Gasteiger partial charge in [-0.2, -0.15) is 0 Å². The summed E-state index contributed by atoms with van der Waals surface area (Å²) in [7, 11) is 3.49. The Morgan fingerprint density at radius 2 is 1.95 bits per heavy atom. The van der Waals surface area contributed by atoms with E-state index in [0.29, 0.717) is 12.1 Å². The molecule has 0 aliphatic heterocycles. The second-order valence-electron chi connectivity index (χ2n) is 4.51. The quantitative estimate of drug-likeness (QED) is 0.652. The smallest absolute Gasteiger partial charge is 0.330 e. The molecule has 110 valence electrons. The van der Waals surface area contributed by atoms with E-state index in [1.807, 2.05) is 7.05 Å². The van der Waals surface area contributed by atoms with Crippen molar-refractivity contribution in [2.24, 2.45) is 0 Å². The third-order valence-corrected chi connectivity index (χ3v) is 2.91. The first-order chi connectivity index (χ1) is 9.56. The molecule has 1 rings (SSSR count). The van der Waals surface area contributed by atoms with E-state index in [1.54, 1.807) is 37.4 Å². The van der Waals surface area contributed by atoms with Crippen LogP contribution < -0.4 is 10.6 Å². The van der Waals surface area contributed by atoms with Gasteiger partial charge >= 0.3 is 12.0 Å². The van der Waals surface area contributed by atoms with Gasteiger partial charge in [0.1, 0.15) is 0 Å². The van der Waals surface area contributed by atoms with Crippen LogP contribution in [0.25, 0.3) is 0 Å². The normalized spacial score (nSPS) is 11.7. The van der Waals surface area contributed by atoms with Crippen molar-refractivity contribution in [1.29, 1.82) is 0 Å². The van der Waals surface area contributed by atoms with Crippen molar-refractivity contribution >= 4 is 12.0 Å². The summed E-state index contributed by atoms with van der Waals surface area (Å²) < 4.78 is 0. The molecule has 0 heterocycles. The Morgan fingerprint density at radius 3 is 2.50 bits per heavy atom. The predicted octanol–water partition coefficient (Wildman–Crippen LogP) is 1.06. The maximum atomic E-state index is 12.0. The summed E-state index contributed by atoms with van der Waals surface area (Å²) in [5.41, 5.74) is 0.553. The number of carbonyl (C=O) groups is 2.